The number of cyclic esters (lactones) is 1. The molecule has 2 aromatic carbocycles. The van der Waals surface area contributed by atoms with E-state index in [1.807, 2.05) is 0 Å². The molecule has 2 aliphatic rings. The lowest BCUT2D eigenvalue weighted by atomic mass is 10.0. The van der Waals surface area contributed by atoms with Gasteiger partial charge in [-0.2, -0.15) is 13.2 Å². The Morgan fingerprint density at radius 2 is 1.80 bits per heavy atom. The van der Waals surface area contributed by atoms with Crippen LogP contribution >= 0.6 is 23.2 Å². The summed E-state index contributed by atoms with van der Waals surface area (Å²) in [5, 5.41) is 2.75. The first-order chi connectivity index (χ1) is 18.9. The molecule has 9 nitrogen and oxygen atoms in total. The van der Waals surface area contributed by atoms with Crippen LogP contribution in [0.5, 0.6) is 0 Å². The van der Waals surface area contributed by atoms with E-state index in [1.165, 1.54) is 29.3 Å². The predicted octanol–water partition coefficient (Wildman–Crippen LogP) is 5.23. The maximum absolute atomic E-state index is 13.8. The highest BCUT2D eigenvalue weighted by Crippen LogP contribution is 2.37. The van der Waals surface area contributed by atoms with Crippen LogP contribution in [0.2, 0.25) is 10.0 Å². The molecule has 1 N–H and O–H groups in total. The van der Waals surface area contributed by atoms with Crippen molar-refractivity contribution in [3.05, 3.63) is 81.6 Å². The second-order valence-electron chi connectivity index (χ2n) is 8.97. The van der Waals surface area contributed by atoms with Crippen molar-refractivity contribution in [3.8, 4) is 0 Å². The van der Waals surface area contributed by atoms with Crippen molar-refractivity contribution in [1.82, 2.24) is 9.88 Å². The molecule has 1 fully saturated rings. The number of nitrogens with zero attached hydrogens (tertiary/aromatic N) is 3. The number of rotatable bonds is 5. The molecular weight excluding hydrogens is 596 g/mol. The molecular formula is C25H19Cl2F3N4O5S. The van der Waals surface area contributed by atoms with Crippen LogP contribution in [0.15, 0.2) is 59.6 Å². The smallest absolute Gasteiger partial charge is 0.416 e. The first-order valence-electron chi connectivity index (χ1n) is 11.7. The zero-order chi connectivity index (χ0) is 28.8. The van der Waals surface area contributed by atoms with Crippen LogP contribution in [-0.4, -0.2) is 56.0 Å². The highest BCUT2D eigenvalue weighted by atomic mass is 35.5. The number of hydrogen-bond acceptors (Lipinski definition) is 6. The Labute approximate surface area is 236 Å². The minimum atomic E-state index is -4.77. The van der Waals surface area contributed by atoms with Gasteiger partial charge in [0.1, 0.15) is 6.61 Å². The highest BCUT2D eigenvalue weighted by molar-refractivity contribution is 7.92. The minimum Gasteiger partial charge on any atom is -0.448 e. The van der Waals surface area contributed by atoms with Gasteiger partial charge in [-0.25, -0.2) is 13.2 Å². The summed E-state index contributed by atoms with van der Waals surface area (Å²) in [7, 11) is -4.59. The van der Waals surface area contributed by atoms with Crippen molar-refractivity contribution in [2.24, 2.45) is 0 Å². The maximum atomic E-state index is 13.8. The van der Waals surface area contributed by atoms with E-state index in [2.05, 4.69) is 10.3 Å². The second-order valence-corrected chi connectivity index (χ2v) is 11.6. The second kappa shape index (κ2) is 10.5. The van der Waals surface area contributed by atoms with Gasteiger partial charge in [0, 0.05) is 6.42 Å². The summed E-state index contributed by atoms with van der Waals surface area (Å²) in [6, 6.07) is 8.51. The summed E-state index contributed by atoms with van der Waals surface area (Å²) in [5.41, 5.74) is -0.779. The molecule has 40 heavy (non-hydrogen) atoms. The first kappa shape index (κ1) is 28.0. The Kier molecular flexibility index (Phi) is 7.31. The molecule has 0 spiro atoms. The average Bonchev–Trinajstić information content (AvgIpc) is 3.33. The standard InChI is InChI=1S/C25H19Cl2F3N4O5S/c26-18-5-2-6-19(27)22(18)23(35)32-15-10-21-20(31-12-15)11-16(33-7-8-39-24(33)36)13-34(21)40(37,38)17-4-1-3-14(9-17)25(28,29)30/h1-6,9-10,12,16H,7-8,11,13H2,(H,32,35). The molecule has 0 aliphatic carbocycles. The van der Waals surface area contributed by atoms with Gasteiger partial charge in [-0.3, -0.25) is 19.0 Å². The number of pyridine rings is 1. The molecule has 1 saturated heterocycles. The summed E-state index contributed by atoms with van der Waals surface area (Å²) in [6.45, 7) is 0.0463. The number of carbonyl (C=O) groups excluding carboxylic acids is 2. The van der Waals surface area contributed by atoms with E-state index in [9.17, 15) is 31.2 Å². The van der Waals surface area contributed by atoms with Crippen LogP contribution in [0, 0.1) is 0 Å². The third kappa shape index (κ3) is 5.28. The summed E-state index contributed by atoms with van der Waals surface area (Å²) >= 11 is 12.2. The van der Waals surface area contributed by atoms with E-state index in [1.54, 1.807) is 6.07 Å². The zero-order valence-corrected chi connectivity index (χ0v) is 22.6. The summed E-state index contributed by atoms with van der Waals surface area (Å²) < 4.78 is 73.6. The van der Waals surface area contributed by atoms with Crippen molar-refractivity contribution in [2.45, 2.75) is 23.5 Å². The number of hydrogen-bond donors (Lipinski definition) is 1. The van der Waals surface area contributed by atoms with E-state index in [4.69, 9.17) is 27.9 Å². The summed E-state index contributed by atoms with van der Waals surface area (Å²) in [6.07, 6.45) is -3.97. The Morgan fingerprint density at radius 1 is 1.10 bits per heavy atom. The molecule has 3 aromatic rings. The Hall–Kier alpha value is -3.55. The van der Waals surface area contributed by atoms with Crippen LogP contribution in [0.4, 0.5) is 29.3 Å². The van der Waals surface area contributed by atoms with Crippen molar-refractivity contribution < 1.29 is 35.9 Å². The number of fused-ring (bicyclic) bond motifs is 1. The Morgan fingerprint density at radius 3 is 2.45 bits per heavy atom. The molecule has 2 amide bonds. The SMILES string of the molecule is O=C(Nc1cnc2c(c1)N(S(=O)(=O)c1cccc(C(F)(F)F)c1)CC(N1CCOC1=O)C2)c1c(Cl)cccc1Cl. The fourth-order valence-electron chi connectivity index (χ4n) is 4.54. The Bertz CT molecular complexity index is 1600. The molecule has 1 unspecified atom stereocenters. The van der Waals surface area contributed by atoms with E-state index in [0.29, 0.717) is 6.07 Å². The number of halogens is 5. The maximum Gasteiger partial charge on any atom is 0.416 e. The number of ether oxygens (including phenoxy) is 1. The fraction of sp³-hybridized carbons (Fsp3) is 0.240. The molecule has 5 rings (SSSR count). The van der Waals surface area contributed by atoms with Crippen molar-refractivity contribution in [2.75, 3.05) is 29.3 Å². The van der Waals surface area contributed by atoms with Crippen LogP contribution in [0.1, 0.15) is 21.6 Å². The van der Waals surface area contributed by atoms with Gasteiger partial charge in [-0.05, 0) is 36.4 Å². The third-order valence-electron chi connectivity index (χ3n) is 6.45. The van der Waals surface area contributed by atoms with Gasteiger partial charge in [0.15, 0.2) is 0 Å². The molecule has 0 bridgehead atoms. The van der Waals surface area contributed by atoms with Crippen molar-refractivity contribution in [3.63, 3.8) is 0 Å². The van der Waals surface area contributed by atoms with Crippen molar-refractivity contribution >= 4 is 56.6 Å². The third-order valence-corrected chi connectivity index (χ3v) is 8.86. The lowest BCUT2D eigenvalue weighted by Gasteiger charge is -2.37. The number of anilines is 2. The van der Waals surface area contributed by atoms with E-state index < -0.39 is 44.7 Å². The largest absolute Gasteiger partial charge is 0.448 e. The number of benzene rings is 2. The molecule has 15 heteroatoms. The number of alkyl halides is 3. The van der Waals surface area contributed by atoms with Gasteiger partial charge in [0.25, 0.3) is 15.9 Å². The van der Waals surface area contributed by atoms with Gasteiger partial charge in [-0.15, -0.1) is 0 Å². The zero-order valence-electron chi connectivity index (χ0n) is 20.3. The minimum absolute atomic E-state index is 0.00962. The molecule has 210 valence electrons. The quantitative estimate of drug-likeness (QED) is 0.421. The molecule has 0 saturated carbocycles. The lowest BCUT2D eigenvalue weighted by molar-refractivity contribution is -0.137. The van der Waals surface area contributed by atoms with Gasteiger partial charge < -0.3 is 10.1 Å². The number of aromatic nitrogens is 1. The highest BCUT2D eigenvalue weighted by Gasteiger charge is 2.41. The number of amides is 2. The average molecular weight is 615 g/mol. The molecule has 1 atom stereocenters. The normalized spacial score (nSPS) is 17.4. The molecule has 1 aromatic heterocycles. The van der Waals surface area contributed by atoms with Gasteiger partial charge >= 0.3 is 12.3 Å². The van der Waals surface area contributed by atoms with Crippen molar-refractivity contribution in [1.29, 1.82) is 0 Å². The van der Waals surface area contributed by atoms with Crippen LogP contribution in [-0.2, 0) is 27.4 Å². The molecule has 3 heterocycles. The van der Waals surface area contributed by atoms with Gasteiger partial charge in [0.2, 0.25) is 0 Å². The molecule has 2 aliphatic heterocycles. The summed E-state index contributed by atoms with van der Waals surface area (Å²) in [4.78, 5) is 30.2. The Balaban J connectivity index is 1.56. The predicted molar refractivity (Wildman–Crippen MR) is 140 cm³/mol. The number of carbonyl (C=O) groups is 2. The fourth-order valence-corrected chi connectivity index (χ4v) is 6.68. The lowest BCUT2D eigenvalue weighted by Crippen LogP contribution is -2.51. The van der Waals surface area contributed by atoms with Gasteiger partial charge in [0.05, 0.1) is 68.5 Å². The monoisotopic (exact) mass is 614 g/mol. The van der Waals surface area contributed by atoms with Gasteiger partial charge in [-0.1, -0.05) is 35.3 Å². The molecule has 0 radical (unpaired) electrons. The van der Waals surface area contributed by atoms with Crippen LogP contribution in [0.3, 0.4) is 0 Å². The number of nitrogens with one attached hydrogen (secondary N) is 1. The topological polar surface area (TPSA) is 109 Å². The van der Waals surface area contributed by atoms with Crippen LogP contribution < -0.4 is 9.62 Å². The van der Waals surface area contributed by atoms with E-state index in [-0.39, 0.29) is 58.8 Å². The number of sulfonamides is 1. The summed E-state index contributed by atoms with van der Waals surface area (Å²) in [5.74, 6) is -0.682. The van der Waals surface area contributed by atoms with E-state index in [0.717, 1.165) is 22.5 Å². The van der Waals surface area contributed by atoms with E-state index >= 15 is 0 Å². The van der Waals surface area contributed by atoms with Crippen LogP contribution in [0.25, 0.3) is 0 Å². The first-order valence-corrected chi connectivity index (χ1v) is 13.9.